The van der Waals surface area contributed by atoms with Crippen LogP contribution in [0, 0.1) is 0 Å². The fraction of sp³-hybridized carbons (Fsp3) is 0.300. The van der Waals surface area contributed by atoms with Crippen LogP contribution in [0.4, 0.5) is 5.69 Å². The van der Waals surface area contributed by atoms with Gasteiger partial charge >= 0.3 is 0 Å². The first-order chi connectivity index (χ1) is 7.19. The van der Waals surface area contributed by atoms with Crippen LogP contribution in [-0.2, 0) is 5.60 Å². The van der Waals surface area contributed by atoms with Crippen molar-refractivity contribution < 1.29 is 5.11 Å². The molecule has 0 saturated carbocycles. The fourth-order valence-electron chi connectivity index (χ4n) is 1.96. The van der Waals surface area contributed by atoms with Gasteiger partial charge < -0.3 is 21.1 Å². The van der Waals surface area contributed by atoms with Gasteiger partial charge in [0.05, 0.1) is 11.9 Å². The molecule has 2 aromatic rings. The Morgan fingerprint density at radius 2 is 2.27 bits per heavy atom. The number of aromatic amines is 1. The molecule has 1 aliphatic rings. The third-order valence-corrected chi connectivity index (χ3v) is 2.89. The van der Waals surface area contributed by atoms with Crippen molar-refractivity contribution in [3.05, 3.63) is 24.0 Å². The number of aliphatic hydroxyl groups is 1. The molecule has 15 heavy (non-hydrogen) atoms. The number of H-pyrrole nitrogens is 1. The van der Waals surface area contributed by atoms with Crippen LogP contribution in [0.5, 0.6) is 0 Å². The van der Waals surface area contributed by atoms with Gasteiger partial charge in [0.1, 0.15) is 11.2 Å². The molecule has 2 aromatic heterocycles. The van der Waals surface area contributed by atoms with Crippen LogP contribution >= 0.6 is 0 Å². The Kier molecular flexibility index (Phi) is 1.57. The number of β-amino-alcohol motifs (C(OH)–C–C–N with tert-alkyl or cyclic N) is 1. The lowest BCUT2D eigenvalue weighted by atomic mass is 9.88. The molecular formula is C10H12N4O. The number of nitrogens with two attached hydrogens (primary N) is 1. The smallest absolute Gasteiger partial charge is 0.137 e. The molecule has 0 unspecified atom stereocenters. The highest BCUT2D eigenvalue weighted by atomic mass is 16.3. The molecule has 0 aliphatic carbocycles. The second-order valence-electron chi connectivity index (χ2n) is 4.00. The summed E-state index contributed by atoms with van der Waals surface area (Å²) in [5.74, 6) is 0. The maximum Gasteiger partial charge on any atom is 0.137 e. The maximum atomic E-state index is 10.2. The molecule has 3 heterocycles. The molecule has 1 fully saturated rings. The van der Waals surface area contributed by atoms with E-state index in [0.29, 0.717) is 18.8 Å². The number of nitrogen functional groups attached to an aromatic ring is 1. The Balaban J connectivity index is 2.22. The summed E-state index contributed by atoms with van der Waals surface area (Å²) < 4.78 is 0. The van der Waals surface area contributed by atoms with Crippen LogP contribution in [0.2, 0.25) is 0 Å². The number of hydrogen-bond donors (Lipinski definition) is 4. The number of nitrogens with zero attached hydrogens (tertiary/aromatic N) is 1. The first kappa shape index (κ1) is 8.70. The zero-order valence-corrected chi connectivity index (χ0v) is 8.12. The minimum Gasteiger partial charge on any atom is -0.397 e. The predicted molar refractivity (Wildman–Crippen MR) is 57.3 cm³/mol. The summed E-state index contributed by atoms with van der Waals surface area (Å²) in [6.45, 7) is 1.16. The number of nitrogens with one attached hydrogen (secondary N) is 2. The zero-order chi connectivity index (χ0) is 10.5. The summed E-state index contributed by atoms with van der Waals surface area (Å²) in [4.78, 5) is 7.20. The normalized spacial score (nSPS) is 19.0. The van der Waals surface area contributed by atoms with Crippen molar-refractivity contribution in [3.63, 3.8) is 0 Å². The quantitative estimate of drug-likeness (QED) is 0.524. The lowest BCUT2D eigenvalue weighted by Gasteiger charge is -2.37. The molecule has 1 saturated heterocycles. The van der Waals surface area contributed by atoms with Gasteiger partial charge in [-0.3, -0.25) is 0 Å². The molecular weight excluding hydrogens is 192 g/mol. The minimum atomic E-state index is -0.770. The molecule has 5 nitrogen and oxygen atoms in total. The van der Waals surface area contributed by atoms with Gasteiger partial charge in [-0.15, -0.1) is 0 Å². The summed E-state index contributed by atoms with van der Waals surface area (Å²) in [7, 11) is 0. The monoisotopic (exact) mass is 204 g/mol. The van der Waals surface area contributed by atoms with Gasteiger partial charge in [-0.1, -0.05) is 0 Å². The summed E-state index contributed by atoms with van der Waals surface area (Å²) in [6, 6.07) is 1.84. The SMILES string of the molecule is Nc1cnc2[nH]cc(C3(O)CNC3)c2c1. The summed E-state index contributed by atoms with van der Waals surface area (Å²) in [5.41, 5.74) is 7.16. The molecule has 3 rings (SSSR count). The van der Waals surface area contributed by atoms with Gasteiger partial charge in [-0.2, -0.15) is 0 Å². The number of pyridine rings is 1. The molecule has 0 aromatic carbocycles. The highest BCUT2D eigenvalue weighted by Crippen LogP contribution is 2.31. The lowest BCUT2D eigenvalue weighted by molar-refractivity contribution is -0.0132. The van der Waals surface area contributed by atoms with Gasteiger partial charge in [0, 0.05) is 30.2 Å². The van der Waals surface area contributed by atoms with Crippen molar-refractivity contribution in [2.75, 3.05) is 18.8 Å². The first-order valence-corrected chi connectivity index (χ1v) is 4.85. The van der Waals surface area contributed by atoms with Gasteiger partial charge in [0.25, 0.3) is 0 Å². The standard InChI is InChI=1S/C10H12N4O/c11-6-1-7-8(10(15)4-12-5-10)3-14-9(7)13-2-6/h1-3,12,15H,4-5,11H2,(H,13,14). The van der Waals surface area contributed by atoms with Crippen molar-refractivity contribution in [2.45, 2.75) is 5.60 Å². The Bertz CT molecular complexity index is 515. The van der Waals surface area contributed by atoms with E-state index in [1.54, 1.807) is 12.4 Å². The van der Waals surface area contributed by atoms with E-state index in [9.17, 15) is 5.11 Å². The Morgan fingerprint density at radius 3 is 2.93 bits per heavy atom. The van der Waals surface area contributed by atoms with Crippen LogP contribution in [0.3, 0.4) is 0 Å². The molecule has 0 bridgehead atoms. The van der Waals surface area contributed by atoms with E-state index in [1.165, 1.54) is 0 Å². The first-order valence-electron chi connectivity index (χ1n) is 4.85. The summed E-state index contributed by atoms with van der Waals surface area (Å²) >= 11 is 0. The number of fused-ring (bicyclic) bond motifs is 1. The van der Waals surface area contributed by atoms with Crippen LogP contribution in [0.25, 0.3) is 11.0 Å². The molecule has 0 spiro atoms. The van der Waals surface area contributed by atoms with E-state index >= 15 is 0 Å². The lowest BCUT2D eigenvalue weighted by Crippen LogP contribution is -2.56. The van der Waals surface area contributed by atoms with Crippen LogP contribution in [0.15, 0.2) is 18.5 Å². The average molecular weight is 204 g/mol. The van der Waals surface area contributed by atoms with E-state index in [0.717, 1.165) is 16.6 Å². The third kappa shape index (κ3) is 1.14. The average Bonchev–Trinajstić information content (AvgIpc) is 2.57. The van der Waals surface area contributed by atoms with Crippen LogP contribution in [-0.4, -0.2) is 28.2 Å². The van der Waals surface area contributed by atoms with Crippen molar-refractivity contribution in [1.29, 1.82) is 0 Å². The molecule has 1 aliphatic heterocycles. The van der Waals surface area contributed by atoms with Crippen LogP contribution < -0.4 is 11.1 Å². The summed E-state index contributed by atoms with van der Waals surface area (Å²) in [5, 5.41) is 14.2. The second-order valence-corrected chi connectivity index (χ2v) is 4.00. The Morgan fingerprint density at radius 1 is 1.47 bits per heavy atom. The molecule has 78 valence electrons. The van der Waals surface area contributed by atoms with E-state index in [4.69, 9.17) is 5.73 Å². The number of hydrogen-bond acceptors (Lipinski definition) is 4. The predicted octanol–water partition coefficient (Wildman–Crippen LogP) is -0.0641. The Hall–Kier alpha value is -1.59. The van der Waals surface area contributed by atoms with Gasteiger partial charge in [0.15, 0.2) is 0 Å². The largest absolute Gasteiger partial charge is 0.397 e. The topological polar surface area (TPSA) is 87.0 Å². The van der Waals surface area contributed by atoms with Gasteiger partial charge in [-0.05, 0) is 6.07 Å². The zero-order valence-electron chi connectivity index (χ0n) is 8.12. The van der Waals surface area contributed by atoms with Crippen molar-refractivity contribution in [2.24, 2.45) is 0 Å². The number of rotatable bonds is 1. The van der Waals surface area contributed by atoms with E-state index in [2.05, 4.69) is 15.3 Å². The van der Waals surface area contributed by atoms with Crippen molar-refractivity contribution in [3.8, 4) is 0 Å². The second kappa shape index (κ2) is 2.71. The third-order valence-electron chi connectivity index (χ3n) is 2.89. The molecule has 0 amide bonds. The summed E-state index contributed by atoms with van der Waals surface area (Å²) in [6.07, 6.45) is 3.41. The van der Waals surface area contributed by atoms with Crippen LogP contribution in [0.1, 0.15) is 5.56 Å². The van der Waals surface area contributed by atoms with E-state index in [1.807, 2.05) is 6.07 Å². The van der Waals surface area contributed by atoms with E-state index < -0.39 is 5.60 Å². The highest BCUT2D eigenvalue weighted by molar-refractivity contribution is 5.83. The van der Waals surface area contributed by atoms with Gasteiger partial charge in [-0.25, -0.2) is 4.98 Å². The maximum absolute atomic E-state index is 10.2. The van der Waals surface area contributed by atoms with Gasteiger partial charge in [0.2, 0.25) is 0 Å². The molecule has 0 radical (unpaired) electrons. The highest BCUT2D eigenvalue weighted by Gasteiger charge is 2.38. The molecule has 0 atom stereocenters. The number of anilines is 1. The number of aromatic nitrogens is 2. The molecule has 5 heteroatoms. The van der Waals surface area contributed by atoms with Crippen molar-refractivity contribution >= 4 is 16.7 Å². The minimum absolute atomic E-state index is 0.578. The fourth-order valence-corrected chi connectivity index (χ4v) is 1.96. The van der Waals surface area contributed by atoms with E-state index in [-0.39, 0.29) is 0 Å². The van der Waals surface area contributed by atoms with Crippen molar-refractivity contribution in [1.82, 2.24) is 15.3 Å². The molecule has 5 N–H and O–H groups in total. The Labute approximate surface area is 86.3 Å².